The number of anilines is 1. The largest absolute Gasteiger partial charge is 0.369 e. The molecule has 156 valence electrons. The van der Waals surface area contributed by atoms with Crippen molar-refractivity contribution in [3.05, 3.63) is 40.0 Å². The smallest absolute Gasteiger partial charge is 0.220 e. The van der Waals surface area contributed by atoms with Crippen molar-refractivity contribution in [1.82, 2.24) is 20.6 Å². The molecule has 0 bridgehead atoms. The highest BCUT2D eigenvalue weighted by Crippen LogP contribution is 2.24. The van der Waals surface area contributed by atoms with Gasteiger partial charge in [0.15, 0.2) is 5.96 Å². The molecule has 2 aromatic rings. The Balaban J connectivity index is 1.52. The lowest BCUT2D eigenvalue weighted by Crippen LogP contribution is -2.40. The van der Waals surface area contributed by atoms with Gasteiger partial charge in [-0.2, -0.15) is 0 Å². The summed E-state index contributed by atoms with van der Waals surface area (Å²) in [4.78, 5) is 28.1. The molecule has 1 aliphatic heterocycles. The molecule has 0 unspecified atom stereocenters. The summed E-state index contributed by atoms with van der Waals surface area (Å²) in [6, 6.07) is 4.01. The predicted molar refractivity (Wildman–Crippen MR) is 117 cm³/mol. The molecule has 29 heavy (non-hydrogen) atoms. The summed E-state index contributed by atoms with van der Waals surface area (Å²) in [7, 11) is 1.77. The summed E-state index contributed by atoms with van der Waals surface area (Å²) < 4.78 is 0. The quantitative estimate of drug-likeness (QED) is 0.467. The third-order valence-corrected chi connectivity index (χ3v) is 6.01. The molecule has 1 aliphatic rings. The topological polar surface area (TPSA) is 109 Å². The molecule has 3 rings (SSSR count). The minimum Gasteiger partial charge on any atom is -0.369 e. The summed E-state index contributed by atoms with van der Waals surface area (Å²) in [5.41, 5.74) is 6.55. The van der Waals surface area contributed by atoms with Crippen molar-refractivity contribution in [2.24, 2.45) is 16.6 Å². The molecule has 0 saturated carbocycles. The molecule has 3 heterocycles. The third-order valence-electron chi connectivity index (χ3n) is 5.03. The van der Waals surface area contributed by atoms with Gasteiger partial charge in [-0.05, 0) is 25.8 Å². The van der Waals surface area contributed by atoms with Gasteiger partial charge in [-0.25, -0.2) is 9.97 Å². The van der Waals surface area contributed by atoms with Gasteiger partial charge in [-0.15, -0.1) is 11.3 Å². The van der Waals surface area contributed by atoms with E-state index >= 15 is 0 Å². The summed E-state index contributed by atoms with van der Waals surface area (Å²) >= 11 is 1.72. The molecule has 0 aliphatic carbocycles. The molecular weight excluding hydrogens is 386 g/mol. The fraction of sp³-hybridized carbons (Fsp3) is 0.500. The maximum absolute atomic E-state index is 11.4. The molecule has 1 amide bonds. The van der Waals surface area contributed by atoms with Crippen molar-refractivity contribution in [3.63, 3.8) is 0 Å². The maximum Gasteiger partial charge on any atom is 0.220 e. The first kappa shape index (κ1) is 21.0. The second-order valence-corrected chi connectivity index (χ2v) is 8.44. The van der Waals surface area contributed by atoms with Crippen LogP contribution >= 0.6 is 11.3 Å². The first-order valence-electron chi connectivity index (χ1n) is 9.90. The van der Waals surface area contributed by atoms with Crippen LogP contribution in [0.25, 0.3) is 0 Å². The average Bonchev–Trinajstić information content (AvgIpc) is 3.16. The number of aliphatic imine (C=N–C) groups is 1. The first-order chi connectivity index (χ1) is 14.1. The monoisotopic (exact) mass is 415 g/mol. The normalized spacial score (nSPS) is 15.4. The van der Waals surface area contributed by atoms with E-state index in [0.717, 1.165) is 61.2 Å². The Hall–Kier alpha value is -2.68. The van der Waals surface area contributed by atoms with E-state index in [1.807, 2.05) is 18.5 Å². The van der Waals surface area contributed by atoms with Crippen molar-refractivity contribution >= 4 is 29.0 Å². The lowest BCUT2D eigenvalue weighted by Gasteiger charge is -2.32. The fourth-order valence-electron chi connectivity index (χ4n) is 3.43. The average molecular weight is 416 g/mol. The van der Waals surface area contributed by atoms with Gasteiger partial charge in [0.2, 0.25) is 5.91 Å². The zero-order valence-corrected chi connectivity index (χ0v) is 17.8. The number of carbonyl (C=O) groups excluding carboxylic acids is 1. The third kappa shape index (κ3) is 5.90. The number of nitrogens with one attached hydrogen (secondary N) is 2. The highest BCUT2D eigenvalue weighted by atomic mass is 32.1. The van der Waals surface area contributed by atoms with E-state index in [1.165, 1.54) is 4.88 Å². The highest BCUT2D eigenvalue weighted by Gasteiger charge is 2.24. The molecule has 0 spiro atoms. The number of pyridine rings is 1. The lowest BCUT2D eigenvalue weighted by molar-refractivity contribution is -0.122. The molecule has 1 fully saturated rings. The van der Waals surface area contributed by atoms with E-state index in [-0.39, 0.29) is 11.8 Å². The number of nitrogens with two attached hydrogens (primary N) is 1. The van der Waals surface area contributed by atoms with Crippen molar-refractivity contribution in [3.8, 4) is 0 Å². The van der Waals surface area contributed by atoms with E-state index in [9.17, 15) is 4.79 Å². The Bertz CT molecular complexity index is 843. The predicted octanol–water partition coefficient (Wildman–Crippen LogP) is 1.46. The minimum atomic E-state index is -0.199. The van der Waals surface area contributed by atoms with Crippen molar-refractivity contribution in [1.29, 1.82) is 0 Å². The Morgan fingerprint density at radius 3 is 2.79 bits per heavy atom. The van der Waals surface area contributed by atoms with Crippen molar-refractivity contribution < 1.29 is 4.79 Å². The summed E-state index contributed by atoms with van der Waals surface area (Å²) in [6.45, 7) is 5.04. The van der Waals surface area contributed by atoms with Gasteiger partial charge in [-0.1, -0.05) is 6.07 Å². The van der Waals surface area contributed by atoms with Gasteiger partial charge < -0.3 is 21.3 Å². The standard InChI is InChI=1S/C20H29N7OS/c1-14-12-25-17(29-14)5-9-24-20(22-2)26-13-16-4-3-8-23-19(16)27-10-6-15(7-11-27)18(21)28/h3-4,8,12,15H,5-7,9-11,13H2,1-2H3,(H2,21,28)(H2,22,24,26). The second-order valence-electron chi connectivity index (χ2n) is 7.12. The Morgan fingerprint density at radius 1 is 1.34 bits per heavy atom. The number of nitrogens with zero attached hydrogens (tertiary/aromatic N) is 4. The summed E-state index contributed by atoms with van der Waals surface area (Å²) in [5, 5.41) is 7.82. The number of thiazole rings is 1. The van der Waals surface area contributed by atoms with Crippen LogP contribution in [0.5, 0.6) is 0 Å². The van der Waals surface area contributed by atoms with Gasteiger partial charge in [0.25, 0.3) is 0 Å². The SMILES string of the molecule is CN=C(NCCc1ncc(C)s1)NCc1cccnc1N1CCC(C(N)=O)CC1. The fourth-order valence-corrected chi connectivity index (χ4v) is 4.22. The highest BCUT2D eigenvalue weighted by molar-refractivity contribution is 7.11. The van der Waals surface area contributed by atoms with Gasteiger partial charge in [0.1, 0.15) is 5.82 Å². The molecule has 0 radical (unpaired) electrons. The Morgan fingerprint density at radius 2 is 2.14 bits per heavy atom. The number of amides is 1. The zero-order valence-electron chi connectivity index (χ0n) is 17.0. The molecule has 2 aromatic heterocycles. The number of guanidine groups is 1. The number of hydrogen-bond donors (Lipinski definition) is 3. The van der Waals surface area contributed by atoms with Crippen LogP contribution in [-0.2, 0) is 17.8 Å². The molecule has 9 heteroatoms. The number of aryl methyl sites for hydroxylation is 1. The van der Waals surface area contributed by atoms with E-state index in [4.69, 9.17) is 5.73 Å². The van der Waals surface area contributed by atoms with Crippen LogP contribution in [0.15, 0.2) is 29.5 Å². The van der Waals surface area contributed by atoms with Crippen molar-refractivity contribution in [2.75, 3.05) is 31.6 Å². The van der Waals surface area contributed by atoms with Crippen LogP contribution in [0.1, 0.15) is 28.3 Å². The number of carbonyl (C=O) groups is 1. The Kier molecular flexibility index (Phi) is 7.40. The number of primary amides is 1. The van der Waals surface area contributed by atoms with Gasteiger partial charge in [0, 0.05) is 68.4 Å². The van der Waals surface area contributed by atoms with Crippen LogP contribution in [0.3, 0.4) is 0 Å². The zero-order chi connectivity index (χ0) is 20.6. The number of hydrogen-bond acceptors (Lipinski definition) is 6. The minimum absolute atomic E-state index is 0.0267. The van der Waals surface area contributed by atoms with Gasteiger partial charge >= 0.3 is 0 Å². The lowest BCUT2D eigenvalue weighted by atomic mass is 9.96. The molecule has 8 nitrogen and oxygen atoms in total. The van der Waals surface area contributed by atoms with Crippen LogP contribution in [0, 0.1) is 12.8 Å². The molecule has 0 atom stereocenters. The first-order valence-corrected chi connectivity index (χ1v) is 10.7. The molecule has 4 N–H and O–H groups in total. The molecular formula is C20H29N7OS. The van der Waals surface area contributed by atoms with E-state index in [2.05, 4.69) is 43.5 Å². The van der Waals surface area contributed by atoms with Crippen LogP contribution in [0.4, 0.5) is 5.82 Å². The van der Waals surface area contributed by atoms with E-state index in [1.54, 1.807) is 18.4 Å². The van der Waals surface area contributed by atoms with Gasteiger partial charge in [0.05, 0.1) is 5.01 Å². The van der Waals surface area contributed by atoms with Crippen LogP contribution in [-0.4, -0.2) is 48.5 Å². The molecule has 0 aromatic carbocycles. The Labute approximate surface area is 175 Å². The van der Waals surface area contributed by atoms with E-state index < -0.39 is 0 Å². The number of aromatic nitrogens is 2. The maximum atomic E-state index is 11.4. The van der Waals surface area contributed by atoms with Gasteiger partial charge in [-0.3, -0.25) is 9.79 Å². The second kappa shape index (κ2) is 10.2. The van der Waals surface area contributed by atoms with Crippen LogP contribution < -0.4 is 21.3 Å². The van der Waals surface area contributed by atoms with Crippen molar-refractivity contribution in [2.45, 2.75) is 32.7 Å². The number of piperidine rings is 1. The van der Waals surface area contributed by atoms with Crippen LogP contribution in [0.2, 0.25) is 0 Å². The summed E-state index contributed by atoms with van der Waals surface area (Å²) in [5.74, 6) is 1.48. The number of rotatable bonds is 7. The van der Waals surface area contributed by atoms with E-state index in [0.29, 0.717) is 6.54 Å². The molecule has 1 saturated heterocycles. The summed E-state index contributed by atoms with van der Waals surface area (Å²) in [6.07, 6.45) is 6.13.